The molecule has 7 nitrogen and oxygen atoms in total. The molecule has 0 fully saturated rings. The molecule has 4 rings (SSSR count). The molecule has 0 unspecified atom stereocenters. The van der Waals surface area contributed by atoms with Crippen molar-refractivity contribution in [2.24, 2.45) is 0 Å². The number of aromatic amines is 1. The lowest BCUT2D eigenvalue weighted by atomic mass is 10.2. The monoisotopic (exact) mass is 378 g/mol. The van der Waals surface area contributed by atoms with Gasteiger partial charge in [-0.05, 0) is 31.5 Å². The highest BCUT2D eigenvalue weighted by Gasteiger charge is 2.21. The Bertz CT molecular complexity index is 1310. The molecule has 4 aromatic rings. The zero-order valence-corrected chi connectivity index (χ0v) is 15.4. The predicted molar refractivity (Wildman–Crippen MR) is 101 cm³/mol. The number of rotatable bonds is 3. The molecule has 8 heteroatoms. The number of nitriles is 1. The van der Waals surface area contributed by atoms with E-state index in [1.54, 1.807) is 20.0 Å². The van der Waals surface area contributed by atoms with Gasteiger partial charge < -0.3 is 14.1 Å². The lowest BCUT2D eigenvalue weighted by Crippen LogP contribution is -2.10. The standard InChI is InChI=1S/C19H14N4O3S/c1-10-15-17(24)21-11(2)22-18(15)27-16(10)19(25)26-9-12-8-23-6-4-3-5-14(23)13(12)7-20/h3-6,8H,9H2,1-2H3,(H,21,22,24). The van der Waals surface area contributed by atoms with Crippen LogP contribution in [0.5, 0.6) is 0 Å². The van der Waals surface area contributed by atoms with Crippen molar-refractivity contribution in [1.29, 1.82) is 5.26 Å². The number of carbonyl (C=O) groups is 1. The topological polar surface area (TPSA) is 100 Å². The molecule has 0 aliphatic heterocycles. The van der Waals surface area contributed by atoms with Gasteiger partial charge in [0.1, 0.15) is 28.2 Å². The summed E-state index contributed by atoms with van der Waals surface area (Å²) in [5, 5.41) is 9.84. The fraction of sp³-hybridized carbons (Fsp3) is 0.158. The number of nitrogens with one attached hydrogen (secondary N) is 1. The number of H-pyrrole nitrogens is 1. The third kappa shape index (κ3) is 2.78. The molecule has 1 N–H and O–H groups in total. The quantitative estimate of drug-likeness (QED) is 0.552. The number of nitrogens with zero attached hydrogens (tertiary/aromatic N) is 3. The van der Waals surface area contributed by atoms with Gasteiger partial charge >= 0.3 is 5.97 Å². The minimum atomic E-state index is -0.535. The molecular weight excluding hydrogens is 364 g/mol. The smallest absolute Gasteiger partial charge is 0.349 e. The van der Waals surface area contributed by atoms with E-state index in [1.165, 1.54) is 0 Å². The summed E-state index contributed by atoms with van der Waals surface area (Å²) in [6.07, 6.45) is 3.60. The van der Waals surface area contributed by atoms with Crippen molar-refractivity contribution in [3.63, 3.8) is 0 Å². The first-order chi connectivity index (χ1) is 13.0. The molecule has 0 saturated heterocycles. The Kier molecular flexibility index (Phi) is 4.01. The van der Waals surface area contributed by atoms with Crippen molar-refractivity contribution in [2.75, 3.05) is 0 Å². The number of hydrogen-bond acceptors (Lipinski definition) is 6. The van der Waals surface area contributed by atoms with Gasteiger partial charge in [0.25, 0.3) is 5.56 Å². The molecule has 0 bridgehead atoms. The van der Waals surface area contributed by atoms with Crippen molar-refractivity contribution >= 4 is 33.0 Å². The zero-order valence-electron chi connectivity index (χ0n) is 14.6. The average molecular weight is 378 g/mol. The number of ether oxygens (including phenoxy) is 1. The van der Waals surface area contributed by atoms with Crippen molar-refractivity contribution in [3.05, 3.63) is 68.3 Å². The molecule has 0 aliphatic rings. The third-order valence-corrected chi connectivity index (χ3v) is 5.50. The molecule has 0 saturated carbocycles. The van der Waals surface area contributed by atoms with E-state index in [0.717, 1.165) is 16.9 Å². The van der Waals surface area contributed by atoms with Crippen LogP contribution in [0.1, 0.15) is 32.2 Å². The van der Waals surface area contributed by atoms with Gasteiger partial charge in [-0.15, -0.1) is 11.3 Å². The lowest BCUT2D eigenvalue weighted by Gasteiger charge is -2.03. The minimum Gasteiger partial charge on any atom is -0.457 e. The van der Waals surface area contributed by atoms with Crippen LogP contribution in [0.2, 0.25) is 0 Å². The van der Waals surface area contributed by atoms with E-state index in [-0.39, 0.29) is 12.2 Å². The zero-order chi connectivity index (χ0) is 19.1. The van der Waals surface area contributed by atoms with Crippen molar-refractivity contribution < 1.29 is 9.53 Å². The summed E-state index contributed by atoms with van der Waals surface area (Å²) in [6.45, 7) is 3.37. The fourth-order valence-electron chi connectivity index (χ4n) is 3.07. The molecule has 0 amide bonds. The van der Waals surface area contributed by atoms with Crippen LogP contribution < -0.4 is 5.56 Å². The van der Waals surface area contributed by atoms with E-state index in [1.807, 2.05) is 28.8 Å². The van der Waals surface area contributed by atoms with Gasteiger partial charge in [-0.1, -0.05) is 6.07 Å². The average Bonchev–Trinajstić information content (AvgIpc) is 3.16. The summed E-state index contributed by atoms with van der Waals surface area (Å²) < 4.78 is 7.25. The highest BCUT2D eigenvalue weighted by atomic mass is 32.1. The van der Waals surface area contributed by atoms with Gasteiger partial charge in [-0.3, -0.25) is 4.79 Å². The van der Waals surface area contributed by atoms with E-state index >= 15 is 0 Å². The van der Waals surface area contributed by atoms with Crippen molar-refractivity contribution in [2.45, 2.75) is 20.5 Å². The van der Waals surface area contributed by atoms with Gasteiger partial charge in [0, 0.05) is 18.0 Å². The summed E-state index contributed by atoms with van der Waals surface area (Å²) in [4.78, 5) is 32.5. The second-order valence-electron chi connectivity index (χ2n) is 6.10. The van der Waals surface area contributed by atoms with Gasteiger partial charge in [0.05, 0.1) is 16.5 Å². The van der Waals surface area contributed by atoms with E-state index in [2.05, 4.69) is 16.0 Å². The highest BCUT2D eigenvalue weighted by Crippen LogP contribution is 2.28. The Morgan fingerprint density at radius 3 is 3.00 bits per heavy atom. The second kappa shape index (κ2) is 6.37. The maximum absolute atomic E-state index is 12.6. The SMILES string of the molecule is Cc1nc2sc(C(=O)OCc3cn4ccccc4c3C#N)c(C)c2c(=O)[nH]1. The summed E-state index contributed by atoms with van der Waals surface area (Å²) in [5.74, 6) is -0.0421. The predicted octanol–water partition coefficient (Wildman–Crippen LogP) is 3.08. The van der Waals surface area contributed by atoms with Crippen molar-refractivity contribution in [1.82, 2.24) is 14.4 Å². The molecule has 0 atom stereocenters. The summed E-state index contributed by atoms with van der Waals surface area (Å²) in [6, 6.07) is 7.70. The van der Waals surface area contributed by atoms with Gasteiger partial charge in [0.15, 0.2) is 0 Å². The van der Waals surface area contributed by atoms with E-state index in [4.69, 9.17) is 4.74 Å². The molecule has 27 heavy (non-hydrogen) atoms. The summed E-state index contributed by atoms with van der Waals surface area (Å²) in [5.41, 5.74) is 2.15. The Morgan fingerprint density at radius 2 is 2.22 bits per heavy atom. The normalized spacial score (nSPS) is 11.0. The Balaban J connectivity index is 1.65. The van der Waals surface area contributed by atoms with Crippen LogP contribution in [0.4, 0.5) is 0 Å². The number of carbonyl (C=O) groups excluding carboxylic acids is 1. The van der Waals surface area contributed by atoms with Crippen LogP contribution in [-0.4, -0.2) is 20.3 Å². The van der Waals surface area contributed by atoms with Crippen LogP contribution in [0.15, 0.2) is 35.4 Å². The number of hydrogen-bond donors (Lipinski definition) is 1. The highest BCUT2D eigenvalue weighted by molar-refractivity contribution is 7.20. The minimum absolute atomic E-state index is 0.0279. The van der Waals surface area contributed by atoms with Gasteiger partial charge in [0.2, 0.25) is 0 Å². The number of aryl methyl sites for hydroxylation is 2. The second-order valence-corrected chi connectivity index (χ2v) is 7.10. The number of thiophene rings is 1. The molecule has 0 aliphatic carbocycles. The molecule has 4 aromatic heterocycles. The van der Waals surface area contributed by atoms with E-state index in [0.29, 0.717) is 37.6 Å². The fourth-order valence-corrected chi connectivity index (χ4v) is 4.19. The van der Waals surface area contributed by atoms with Gasteiger partial charge in [-0.25, -0.2) is 9.78 Å². The number of esters is 1. The Morgan fingerprint density at radius 1 is 1.41 bits per heavy atom. The number of aromatic nitrogens is 3. The van der Waals surface area contributed by atoms with Crippen LogP contribution in [0.3, 0.4) is 0 Å². The molecule has 4 heterocycles. The first-order valence-electron chi connectivity index (χ1n) is 8.15. The summed E-state index contributed by atoms with van der Waals surface area (Å²) >= 11 is 1.13. The third-order valence-electron chi connectivity index (χ3n) is 4.34. The molecule has 0 spiro atoms. The van der Waals surface area contributed by atoms with E-state index < -0.39 is 5.97 Å². The Hall–Kier alpha value is -3.44. The number of fused-ring (bicyclic) bond motifs is 2. The first kappa shape index (κ1) is 17.0. The summed E-state index contributed by atoms with van der Waals surface area (Å²) in [7, 11) is 0. The molecule has 0 radical (unpaired) electrons. The van der Waals surface area contributed by atoms with Crippen LogP contribution in [0.25, 0.3) is 15.7 Å². The van der Waals surface area contributed by atoms with Crippen LogP contribution in [0, 0.1) is 25.2 Å². The largest absolute Gasteiger partial charge is 0.457 e. The molecule has 0 aromatic carbocycles. The van der Waals surface area contributed by atoms with Crippen LogP contribution >= 0.6 is 11.3 Å². The Labute approximate surface area is 157 Å². The van der Waals surface area contributed by atoms with Gasteiger partial charge in [-0.2, -0.15) is 5.26 Å². The molecule has 134 valence electrons. The number of pyridine rings is 1. The van der Waals surface area contributed by atoms with Crippen molar-refractivity contribution in [3.8, 4) is 6.07 Å². The van der Waals surface area contributed by atoms with E-state index in [9.17, 15) is 14.9 Å². The lowest BCUT2D eigenvalue weighted by molar-refractivity contribution is 0.0478. The maximum Gasteiger partial charge on any atom is 0.349 e. The first-order valence-corrected chi connectivity index (χ1v) is 8.97. The molecular formula is C19H14N4O3S. The maximum atomic E-state index is 12.6. The van der Waals surface area contributed by atoms with Crippen LogP contribution in [-0.2, 0) is 11.3 Å².